The van der Waals surface area contributed by atoms with Crippen molar-refractivity contribution in [2.45, 2.75) is 39.2 Å². The first kappa shape index (κ1) is 17.7. The van der Waals surface area contributed by atoms with E-state index < -0.39 is 11.5 Å². The zero-order chi connectivity index (χ0) is 16.2. The maximum atomic E-state index is 12.6. The van der Waals surface area contributed by atoms with E-state index in [1.54, 1.807) is 20.9 Å². The number of benzene rings is 1. The second-order valence-corrected chi connectivity index (χ2v) is 6.62. The van der Waals surface area contributed by atoms with Crippen molar-refractivity contribution in [1.29, 1.82) is 0 Å². The fourth-order valence-corrected chi connectivity index (χ4v) is 2.49. The molecule has 0 aromatic heterocycles. The number of hydrogen-bond acceptors (Lipinski definition) is 2. The molecule has 5 heteroatoms. The van der Waals surface area contributed by atoms with E-state index in [9.17, 15) is 14.7 Å². The van der Waals surface area contributed by atoms with E-state index in [2.05, 4.69) is 15.9 Å². The molecule has 1 atom stereocenters. The maximum absolute atomic E-state index is 12.6. The van der Waals surface area contributed by atoms with E-state index in [-0.39, 0.29) is 11.8 Å². The average molecular weight is 356 g/mol. The van der Waals surface area contributed by atoms with Crippen LogP contribution in [0, 0.1) is 5.92 Å². The molecule has 1 aromatic carbocycles. The number of amides is 1. The van der Waals surface area contributed by atoms with Crippen LogP contribution in [-0.2, 0) is 16.0 Å². The third-order valence-corrected chi connectivity index (χ3v) is 4.40. The third-order valence-electron chi connectivity index (χ3n) is 3.91. The van der Waals surface area contributed by atoms with Gasteiger partial charge < -0.3 is 10.0 Å². The maximum Gasteiger partial charge on any atom is 0.329 e. The Bertz CT molecular complexity index is 528. The van der Waals surface area contributed by atoms with Crippen molar-refractivity contribution in [3.05, 3.63) is 34.3 Å². The van der Waals surface area contributed by atoms with Crippen LogP contribution in [0.4, 0.5) is 0 Å². The molecule has 21 heavy (non-hydrogen) atoms. The Morgan fingerprint density at radius 2 is 2.00 bits per heavy atom. The number of hydrogen-bond donors (Lipinski definition) is 1. The predicted molar refractivity (Wildman–Crippen MR) is 86.1 cm³/mol. The molecule has 0 aliphatic rings. The quantitative estimate of drug-likeness (QED) is 0.851. The molecular weight excluding hydrogens is 334 g/mol. The van der Waals surface area contributed by atoms with E-state index in [1.165, 1.54) is 4.90 Å². The second kappa shape index (κ2) is 7.07. The van der Waals surface area contributed by atoms with Crippen LogP contribution >= 0.6 is 15.9 Å². The summed E-state index contributed by atoms with van der Waals surface area (Å²) in [5.41, 5.74) is -0.145. The zero-order valence-corrected chi connectivity index (χ0v) is 14.5. The molecule has 0 fully saturated rings. The van der Waals surface area contributed by atoms with E-state index in [4.69, 9.17) is 0 Å². The lowest BCUT2D eigenvalue weighted by Crippen LogP contribution is -2.52. The highest BCUT2D eigenvalue weighted by atomic mass is 79.9. The van der Waals surface area contributed by atoms with Gasteiger partial charge in [0.1, 0.15) is 5.54 Å². The molecule has 4 nitrogen and oxygen atoms in total. The summed E-state index contributed by atoms with van der Waals surface area (Å²) in [5.74, 6) is -1.36. The number of carboxylic acids is 1. The van der Waals surface area contributed by atoms with Crippen LogP contribution in [0.25, 0.3) is 0 Å². The Labute approximate surface area is 134 Å². The molecule has 0 saturated carbocycles. The first-order chi connectivity index (χ1) is 9.70. The van der Waals surface area contributed by atoms with Gasteiger partial charge in [0, 0.05) is 17.4 Å². The molecule has 116 valence electrons. The number of carbonyl (C=O) groups is 2. The van der Waals surface area contributed by atoms with Crippen molar-refractivity contribution in [2.75, 3.05) is 7.05 Å². The van der Waals surface area contributed by atoms with Crippen LogP contribution in [0.5, 0.6) is 0 Å². The minimum absolute atomic E-state index is 0.134. The number of nitrogens with zero attached hydrogens (tertiary/aromatic N) is 1. The van der Waals surface area contributed by atoms with E-state index in [0.29, 0.717) is 12.8 Å². The van der Waals surface area contributed by atoms with Gasteiger partial charge in [0.25, 0.3) is 0 Å². The van der Waals surface area contributed by atoms with Gasteiger partial charge >= 0.3 is 5.97 Å². The number of carbonyl (C=O) groups excluding carboxylic acids is 1. The molecular formula is C16H22BrNO3. The van der Waals surface area contributed by atoms with Crippen LogP contribution in [0.15, 0.2) is 28.7 Å². The molecule has 0 saturated heterocycles. The third kappa shape index (κ3) is 4.30. The minimum atomic E-state index is -1.21. The lowest BCUT2D eigenvalue weighted by molar-refractivity contribution is -0.157. The summed E-state index contributed by atoms with van der Waals surface area (Å²) >= 11 is 3.42. The number of rotatable bonds is 6. The van der Waals surface area contributed by atoms with E-state index in [1.807, 2.05) is 31.2 Å². The topological polar surface area (TPSA) is 57.6 Å². The van der Waals surface area contributed by atoms with Crippen LogP contribution < -0.4 is 0 Å². The van der Waals surface area contributed by atoms with Crippen LogP contribution in [-0.4, -0.2) is 34.5 Å². The van der Waals surface area contributed by atoms with E-state index in [0.717, 1.165) is 10.0 Å². The van der Waals surface area contributed by atoms with Crippen LogP contribution in [0.1, 0.15) is 32.8 Å². The molecule has 1 aromatic rings. The van der Waals surface area contributed by atoms with Gasteiger partial charge in [-0.3, -0.25) is 4.79 Å². The molecule has 1 unspecified atom stereocenters. The highest BCUT2D eigenvalue weighted by Crippen LogP contribution is 2.22. The summed E-state index contributed by atoms with van der Waals surface area (Å²) in [6, 6.07) is 7.83. The SMILES string of the molecule is CCC(Cc1cccc(Br)c1)C(=O)N(C)C(C)(C)C(=O)O. The Morgan fingerprint density at radius 3 is 2.48 bits per heavy atom. The van der Waals surface area contributed by atoms with Crippen LogP contribution in [0.3, 0.4) is 0 Å². The molecule has 0 bridgehead atoms. The molecule has 0 radical (unpaired) electrons. The van der Waals surface area contributed by atoms with Crippen molar-refractivity contribution >= 4 is 27.8 Å². The summed E-state index contributed by atoms with van der Waals surface area (Å²) in [7, 11) is 1.56. The monoisotopic (exact) mass is 355 g/mol. The summed E-state index contributed by atoms with van der Waals surface area (Å²) in [6.07, 6.45) is 1.28. The fraction of sp³-hybridized carbons (Fsp3) is 0.500. The normalized spacial score (nSPS) is 12.8. The van der Waals surface area contributed by atoms with Gasteiger partial charge in [0.2, 0.25) is 5.91 Å². The lowest BCUT2D eigenvalue weighted by atomic mass is 9.93. The van der Waals surface area contributed by atoms with Crippen molar-refractivity contribution in [2.24, 2.45) is 5.92 Å². The number of aliphatic carboxylic acids is 1. The van der Waals surface area contributed by atoms with Crippen molar-refractivity contribution < 1.29 is 14.7 Å². The first-order valence-corrected chi connectivity index (χ1v) is 7.75. The predicted octanol–water partition coefficient (Wildman–Crippen LogP) is 3.34. The van der Waals surface area contributed by atoms with Gasteiger partial charge in [0.05, 0.1) is 0 Å². The van der Waals surface area contributed by atoms with Crippen molar-refractivity contribution in [1.82, 2.24) is 4.90 Å². The zero-order valence-electron chi connectivity index (χ0n) is 12.9. The highest BCUT2D eigenvalue weighted by Gasteiger charge is 2.37. The summed E-state index contributed by atoms with van der Waals surface area (Å²) in [6.45, 7) is 5.03. The van der Waals surface area contributed by atoms with Crippen LogP contribution in [0.2, 0.25) is 0 Å². The summed E-state index contributed by atoms with van der Waals surface area (Å²) in [4.78, 5) is 25.2. The van der Waals surface area contributed by atoms with Crippen molar-refractivity contribution in [3.8, 4) is 0 Å². The smallest absolute Gasteiger partial charge is 0.329 e. The molecule has 0 aliphatic carbocycles. The van der Waals surface area contributed by atoms with E-state index >= 15 is 0 Å². The van der Waals surface area contributed by atoms with Crippen molar-refractivity contribution in [3.63, 3.8) is 0 Å². The number of halogens is 1. The fourth-order valence-electron chi connectivity index (χ4n) is 2.05. The molecule has 1 amide bonds. The van der Waals surface area contributed by atoms with Gasteiger partial charge in [-0.05, 0) is 44.4 Å². The van der Waals surface area contributed by atoms with Gasteiger partial charge in [-0.1, -0.05) is 35.0 Å². The minimum Gasteiger partial charge on any atom is -0.480 e. The highest BCUT2D eigenvalue weighted by molar-refractivity contribution is 9.10. The average Bonchev–Trinajstić information content (AvgIpc) is 2.43. The van der Waals surface area contributed by atoms with Gasteiger partial charge in [-0.15, -0.1) is 0 Å². The lowest BCUT2D eigenvalue weighted by Gasteiger charge is -2.34. The number of likely N-dealkylation sites (N-methyl/N-ethyl adjacent to an activating group) is 1. The first-order valence-electron chi connectivity index (χ1n) is 6.95. The Hall–Kier alpha value is -1.36. The van der Waals surface area contributed by atoms with Gasteiger partial charge in [-0.2, -0.15) is 0 Å². The Balaban J connectivity index is 2.89. The summed E-state index contributed by atoms with van der Waals surface area (Å²) < 4.78 is 0.974. The standard InChI is InChI=1S/C16H22BrNO3/c1-5-12(9-11-7-6-8-13(17)10-11)14(19)18(4)16(2,3)15(20)21/h6-8,10,12H,5,9H2,1-4H3,(H,20,21). The molecule has 0 aliphatic heterocycles. The number of carboxylic acid groups (broad SMARTS) is 1. The van der Waals surface area contributed by atoms with Gasteiger partial charge in [0.15, 0.2) is 0 Å². The largest absolute Gasteiger partial charge is 0.480 e. The summed E-state index contributed by atoms with van der Waals surface area (Å²) in [5, 5.41) is 9.24. The van der Waals surface area contributed by atoms with Gasteiger partial charge in [-0.25, -0.2) is 4.79 Å². The molecule has 1 N–H and O–H groups in total. The Morgan fingerprint density at radius 1 is 1.38 bits per heavy atom. The Kier molecular flexibility index (Phi) is 5.96. The molecule has 0 spiro atoms. The molecule has 1 rings (SSSR count). The molecule has 0 heterocycles. The second-order valence-electron chi connectivity index (χ2n) is 5.70.